The summed E-state index contributed by atoms with van der Waals surface area (Å²) in [6.07, 6.45) is 3.22. The normalized spacial score (nSPS) is 24.8. The van der Waals surface area contributed by atoms with E-state index in [1.807, 2.05) is 11.8 Å². The van der Waals surface area contributed by atoms with Crippen LogP contribution in [0.2, 0.25) is 0 Å². The molecule has 70 valence electrons. The summed E-state index contributed by atoms with van der Waals surface area (Å²) < 4.78 is 0. The van der Waals surface area contributed by atoms with E-state index in [0.29, 0.717) is 6.42 Å². The van der Waals surface area contributed by atoms with Crippen molar-refractivity contribution in [3.63, 3.8) is 0 Å². The predicted molar refractivity (Wildman–Crippen MR) is 51.4 cm³/mol. The second-order valence-electron chi connectivity index (χ2n) is 3.65. The molecule has 1 aliphatic heterocycles. The van der Waals surface area contributed by atoms with E-state index < -0.39 is 0 Å². The quantitative estimate of drug-likeness (QED) is 0.681. The van der Waals surface area contributed by atoms with Crippen LogP contribution in [0.25, 0.3) is 0 Å². The fourth-order valence-corrected chi connectivity index (χ4v) is 3.04. The van der Waals surface area contributed by atoms with E-state index in [1.54, 1.807) is 6.92 Å². The fourth-order valence-electron chi connectivity index (χ4n) is 1.74. The fraction of sp³-hybridized carbons (Fsp3) is 0.889. The van der Waals surface area contributed by atoms with Crippen LogP contribution in [0.5, 0.6) is 0 Å². The molecule has 1 fully saturated rings. The van der Waals surface area contributed by atoms with E-state index in [-0.39, 0.29) is 11.5 Å². The predicted octanol–water partition coefficient (Wildman–Crippen LogP) is 1.47. The van der Waals surface area contributed by atoms with Crippen LogP contribution < -0.4 is 0 Å². The number of aldehydes is 1. The lowest BCUT2D eigenvalue weighted by molar-refractivity contribution is -0.118. The molecule has 0 bridgehead atoms. The van der Waals surface area contributed by atoms with Gasteiger partial charge in [-0.2, -0.15) is 11.8 Å². The second-order valence-corrected chi connectivity index (χ2v) is 4.87. The zero-order valence-corrected chi connectivity index (χ0v) is 8.27. The number of carbonyl (C=O) groups excluding carboxylic acids is 1. The molecule has 1 unspecified atom stereocenters. The highest BCUT2D eigenvalue weighted by Crippen LogP contribution is 2.36. The highest BCUT2D eigenvalue weighted by atomic mass is 32.2. The van der Waals surface area contributed by atoms with Gasteiger partial charge in [0.1, 0.15) is 6.29 Å². The monoisotopic (exact) mass is 188 g/mol. The van der Waals surface area contributed by atoms with Crippen LogP contribution in [0.15, 0.2) is 0 Å². The lowest BCUT2D eigenvalue weighted by Gasteiger charge is -2.32. The van der Waals surface area contributed by atoms with Crippen LogP contribution in [0.3, 0.4) is 0 Å². The summed E-state index contributed by atoms with van der Waals surface area (Å²) in [6.45, 7) is 1.76. The lowest BCUT2D eigenvalue weighted by Crippen LogP contribution is -2.31. The lowest BCUT2D eigenvalue weighted by atomic mass is 9.79. The molecule has 0 amide bonds. The molecule has 2 nitrogen and oxygen atoms in total. The van der Waals surface area contributed by atoms with Crippen molar-refractivity contribution in [2.45, 2.75) is 32.3 Å². The molecule has 3 heteroatoms. The van der Waals surface area contributed by atoms with E-state index in [2.05, 4.69) is 0 Å². The molecule has 0 aliphatic carbocycles. The Morgan fingerprint density at radius 2 is 2.17 bits per heavy atom. The first-order chi connectivity index (χ1) is 5.68. The Morgan fingerprint density at radius 1 is 1.58 bits per heavy atom. The van der Waals surface area contributed by atoms with Crippen LogP contribution in [0.4, 0.5) is 0 Å². The molecule has 0 radical (unpaired) electrons. The molecule has 1 N–H and O–H groups in total. The molecule has 1 heterocycles. The Balaban J connectivity index is 2.53. The van der Waals surface area contributed by atoms with Gasteiger partial charge in [-0.1, -0.05) is 0 Å². The third-order valence-electron chi connectivity index (χ3n) is 2.44. The number of hydrogen-bond acceptors (Lipinski definition) is 3. The van der Waals surface area contributed by atoms with Crippen LogP contribution in [0, 0.1) is 5.41 Å². The maximum absolute atomic E-state index is 10.9. The standard InChI is InChI=1S/C9H16O2S/c1-8(11)6-9(7-10)2-4-12-5-3-9/h7-8,11H,2-6H2,1H3. The number of hydrogen-bond donors (Lipinski definition) is 1. The zero-order chi connectivity index (χ0) is 9.03. The van der Waals surface area contributed by atoms with E-state index in [4.69, 9.17) is 0 Å². The molecule has 1 saturated heterocycles. The van der Waals surface area contributed by atoms with Crippen molar-refractivity contribution in [3.05, 3.63) is 0 Å². The minimum absolute atomic E-state index is 0.209. The van der Waals surface area contributed by atoms with Gasteiger partial charge >= 0.3 is 0 Å². The zero-order valence-electron chi connectivity index (χ0n) is 7.45. The number of aliphatic hydroxyl groups excluding tert-OH is 1. The van der Waals surface area contributed by atoms with Crippen molar-refractivity contribution in [1.82, 2.24) is 0 Å². The van der Waals surface area contributed by atoms with Gasteiger partial charge in [0.2, 0.25) is 0 Å². The molecule has 0 aromatic heterocycles. The van der Waals surface area contributed by atoms with E-state index in [9.17, 15) is 9.90 Å². The van der Waals surface area contributed by atoms with Gasteiger partial charge in [-0.25, -0.2) is 0 Å². The maximum atomic E-state index is 10.9. The summed E-state index contributed by atoms with van der Waals surface area (Å²) in [5, 5.41) is 9.24. The molecule has 1 aliphatic rings. The summed E-state index contributed by atoms with van der Waals surface area (Å²) in [4.78, 5) is 10.9. The summed E-state index contributed by atoms with van der Waals surface area (Å²) >= 11 is 1.90. The second kappa shape index (κ2) is 4.28. The number of carbonyl (C=O) groups is 1. The number of aliphatic hydroxyl groups is 1. The van der Waals surface area contributed by atoms with Gasteiger partial charge < -0.3 is 9.90 Å². The third-order valence-corrected chi connectivity index (χ3v) is 3.43. The van der Waals surface area contributed by atoms with Crippen molar-refractivity contribution >= 4 is 18.0 Å². The Bertz CT molecular complexity index is 151. The highest BCUT2D eigenvalue weighted by molar-refractivity contribution is 7.99. The van der Waals surface area contributed by atoms with Crippen molar-refractivity contribution < 1.29 is 9.90 Å². The van der Waals surface area contributed by atoms with Crippen LogP contribution in [0.1, 0.15) is 26.2 Å². The summed E-state index contributed by atoms with van der Waals surface area (Å²) in [5.41, 5.74) is -0.209. The molecule has 0 spiro atoms. The first-order valence-corrected chi connectivity index (χ1v) is 5.56. The first-order valence-electron chi connectivity index (χ1n) is 4.41. The maximum Gasteiger partial charge on any atom is 0.126 e. The van der Waals surface area contributed by atoms with Gasteiger partial charge in [0, 0.05) is 5.41 Å². The van der Waals surface area contributed by atoms with Crippen molar-refractivity contribution in [1.29, 1.82) is 0 Å². The minimum atomic E-state index is -0.349. The Kier molecular flexibility index (Phi) is 3.59. The topological polar surface area (TPSA) is 37.3 Å². The third kappa shape index (κ3) is 2.49. The molecule has 1 rings (SSSR count). The van der Waals surface area contributed by atoms with Crippen LogP contribution >= 0.6 is 11.8 Å². The average molecular weight is 188 g/mol. The first kappa shape index (κ1) is 10.1. The number of rotatable bonds is 3. The van der Waals surface area contributed by atoms with E-state index >= 15 is 0 Å². The molecule has 0 saturated carbocycles. The summed E-state index contributed by atoms with van der Waals surface area (Å²) in [6, 6.07) is 0. The van der Waals surface area contributed by atoms with Gasteiger partial charge in [0.15, 0.2) is 0 Å². The van der Waals surface area contributed by atoms with E-state index in [1.165, 1.54) is 0 Å². The average Bonchev–Trinajstić information content (AvgIpc) is 2.05. The SMILES string of the molecule is CC(O)CC1(C=O)CCSCC1. The Morgan fingerprint density at radius 3 is 2.58 bits per heavy atom. The van der Waals surface area contributed by atoms with Crippen molar-refractivity contribution in [2.24, 2.45) is 5.41 Å². The van der Waals surface area contributed by atoms with Gasteiger partial charge in [-0.3, -0.25) is 0 Å². The Labute approximate surface area is 77.7 Å². The van der Waals surface area contributed by atoms with Crippen molar-refractivity contribution in [3.8, 4) is 0 Å². The van der Waals surface area contributed by atoms with Gasteiger partial charge in [0.05, 0.1) is 6.10 Å². The molecule has 0 aromatic rings. The van der Waals surface area contributed by atoms with Crippen molar-refractivity contribution in [2.75, 3.05) is 11.5 Å². The van der Waals surface area contributed by atoms with Crippen LogP contribution in [-0.2, 0) is 4.79 Å². The summed E-state index contributed by atoms with van der Waals surface area (Å²) in [5.74, 6) is 2.12. The molecule has 12 heavy (non-hydrogen) atoms. The van der Waals surface area contributed by atoms with Gasteiger partial charge in [-0.15, -0.1) is 0 Å². The van der Waals surface area contributed by atoms with Gasteiger partial charge in [-0.05, 0) is 37.7 Å². The highest BCUT2D eigenvalue weighted by Gasteiger charge is 2.32. The minimum Gasteiger partial charge on any atom is -0.393 e. The Hall–Kier alpha value is -0.0200. The van der Waals surface area contributed by atoms with Crippen LogP contribution in [-0.4, -0.2) is 29.0 Å². The number of thioether (sulfide) groups is 1. The molecule has 1 atom stereocenters. The molecular weight excluding hydrogens is 172 g/mol. The molecule has 0 aromatic carbocycles. The molecular formula is C9H16O2S. The summed E-state index contributed by atoms with van der Waals surface area (Å²) in [7, 11) is 0. The van der Waals surface area contributed by atoms with E-state index in [0.717, 1.165) is 30.6 Å². The largest absolute Gasteiger partial charge is 0.393 e. The smallest absolute Gasteiger partial charge is 0.126 e. The van der Waals surface area contributed by atoms with Gasteiger partial charge in [0.25, 0.3) is 0 Å².